The number of nitrogens with zero attached hydrogens (tertiary/aromatic N) is 4. The molecule has 144 valence electrons. The van der Waals surface area contributed by atoms with Crippen LogP contribution >= 0.6 is 39.1 Å². The predicted molar refractivity (Wildman–Crippen MR) is 94.3 cm³/mol. The first-order valence-corrected chi connectivity index (χ1v) is 9.02. The van der Waals surface area contributed by atoms with E-state index in [4.69, 9.17) is 23.2 Å². The van der Waals surface area contributed by atoms with Gasteiger partial charge in [0.1, 0.15) is 16.7 Å². The first-order chi connectivity index (χ1) is 12.0. The highest BCUT2D eigenvalue weighted by Crippen LogP contribution is 2.35. The van der Waals surface area contributed by atoms with Crippen molar-refractivity contribution in [1.29, 1.82) is 0 Å². The molecule has 26 heavy (non-hydrogen) atoms. The highest BCUT2D eigenvalue weighted by Gasteiger charge is 2.38. The fourth-order valence-electron chi connectivity index (χ4n) is 2.19. The first-order valence-electron chi connectivity index (χ1n) is 7.47. The quantitative estimate of drug-likeness (QED) is 0.641. The van der Waals surface area contributed by atoms with Crippen molar-refractivity contribution in [2.45, 2.75) is 39.5 Å². The molecule has 0 atom stereocenters. The monoisotopic (exact) mass is 475 g/mol. The number of hydrogen-bond donors (Lipinski definition) is 1. The third-order valence-corrected chi connectivity index (χ3v) is 5.44. The fourth-order valence-corrected chi connectivity index (χ4v) is 3.09. The Bertz CT molecular complexity index is 819. The molecule has 0 aromatic carbocycles. The highest BCUT2D eigenvalue weighted by atomic mass is 79.9. The summed E-state index contributed by atoms with van der Waals surface area (Å²) >= 11 is 14.8. The van der Waals surface area contributed by atoms with Crippen molar-refractivity contribution in [2.75, 3.05) is 6.54 Å². The molecule has 2 rings (SSSR count). The second kappa shape index (κ2) is 8.18. The smallest absolute Gasteiger partial charge is 0.354 e. The Labute approximate surface area is 165 Å². The van der Waals surface area contributed by atoms with Gasteiger partial charge in [0.15, 0.2) is 5.69 Å². The van der Waals surface area contributed by atoms with E-state index < -0.39 is 17.8 Å². The lowest BCUT2D eigenvalue weighted by Crippen LogP contribution is -2.30. The molecule has 1 N–H and O–H groups in total. The summed E-state index contributed by atoms with van der Waals surface area (Å²) in [5.41, 5.74) is -0.217. The number of hydrogen-bond acceptors (Lipinski definition) is 3. The molecular formula is C14H15BrCl2F3N5O. The van der Waals surface area contributed by atoms with Gasteiger partial charge in [-0.15, -0.1) is 0 Å². The minimum absolute atomic E-state index is 0.168. The van der Waals surface area contributed by atoms with Gasteiger partial charge in [-0.25, -0.2) is 0 Å². The van der Waals surface area contributed by atoms with Crippen LogP contribution < -0.4 is 5.32 Å². The molecule has 2 heterocycles. The van der Waals surface area contributed by atoms with Gasteiger partial charge in [0.25, 0.3) is 0 Å². The number of nitrogens with one attached hydrogen (secondary N) is 1. The van der Waals surface area contributed by atoms with E-state index in [9.17, 15) is 18.0 Å². The lowest BCUT2D eigenvalue weighted by Gasteiger charge is -2.07. The summed E-state index contributed by atoms with van der Waals surface area (Å²) < 4.78 is 40.8. The molecule has 0 bridgehead atoms. The SMILES string of the molecule is Cc1nn(CCCNC(=O)Cn2nc(C(F)(F)F)c(Br)c2C)c(Cl)c1Cl. The Balaban J connectivity index is 1.87. The lowest BCUT2D eigenvalue weighted by atomic mass is 10.3. The van der Waals surface area contributed by atoms with Crippen LogP contribution in [0.25, 0.3) is 0 Å². The molecule has 0 saturated carbocycles. The lowest BCUT2D eigenvalue weighted by molar-refractivity contribution is -0.142. The maximum absolute atomic E-state index is 12.8. The number of carbonyl (C=O) groups is 1. The van der Waals surface area contributed by atoms with E-state index in [-0.39, 0.29) is 16.7 Å². The van der Waals surface area contributed by atoms with Gasteiger partial charge < -0.3 is 5.32 Å². The van der Waals surface area contributed by atoms with Crippen LogP contribution in [-0.2, 0) is 24.1 Å². The number of aryl methyl sites for hydroxylation is 2. The summed E-state index contributed by atoms with van der Waals surface area (Å²) in [5.74, 6) is -0.447. The Morgan fingerprint density at radius 1 is 1.23 bits per heavy atom. The Morgan fingerprint density at radius 3 is 2.38 bits per heavy atom. The van der Waals surface area contributed by atoms with Gasteiger partial charge in [-0.05, 0) is 36.2 Å². The van der Waals surface area contributed by atoms with E-state index in [0.717, 1.165) is 4.68 Å². The van der Waals surface area contributed by atoms with Gasteiger partial charge >= 0.3 is 6.18 Å². The summed E-state index contributed by atoms with van der Waals surface area (Å²) in [6, 6.07) is 0. The van der Waals surface area contributed by atoms with Gasteiger partial charge in [-0.3, -0.25) is 14.2 Å². The molecule has 6 nitrogen and oxygen atoms in total. The summed E-state index contributed by atoms with van der Waals surface area (Å²) in [6.45, 7) is 3.61. The largest absolute Gasteiger partial charge is 0.436 e. The molecule has 0 aliphatic heterocycles. The van der Waals surface area contributed by atoms with Crippen LogP contribution in [0.3, 0.4) is 0 Å². The zero-order valence-corrected chi connectivity index (χ0v) is 16.9. The molecule has 0 aliphatic carbocycles. The molecular weight excluding hydrogens is 462 g/mol. The zero-order chi connectivity index (χ0) is 19.6. The van der Waals surface area contributed by atoms with Crippen LogP contribution in [0.5, 0.6) is 0 Å². The number of aromatic nitrogens is 4. The van der Waals surface area contributed by atoms with E-state index in [1.165, 1.54) is 11.6 Å². The summed E-state index contributed by atoms with van der Waals surface area (Å²) in [6.07, 6.45) is -4.06. The molecule has 0 unspecified atom stereocenters. The van der Waals surface area contributed by atoms with Crippen LogP contribution in [-0.4, -0.2) is 32.0 Å². The van der Waals surface area contributed by atoms with E-state index in [0.29, 0.717) is 35.4 Å². The molecule has 1 amide bonds. The molecule has 0 saturated heterocycles. The summed E-state index contributed by atoms with van der Waals surface area (Å²) in [5, 5.41) is 10.9. The Morgan fingerprint density at radius 2 is 1.88 bits per heavy atom. The van der Waals surface area contributed by atoms with Crippen LogP contribution in [0.1, 0.15) is 23.5 Å². The minimum atomic E-state index is -4.59. The Kier molecular flexibility index (Phi) is 6.62. The molecule has 0 radical (unpaired) electrons. The number of rotatable bonds is 6. The Hall–Kier alpha value is -1.26. The number of carbonyl (C=O) groups excluding carboxylic acids is 1. The number of halogens is 6. The van der Waals surface area contributed by atoms with Crippen LogP contribution in [0.15, 0.2) is 4.47 Å². The van der Waals surface area contributed by atoms with Gasteiger partial charge in [0.05, 0.1) is 15.9 Å². The summed E-state index contributed by atoms with van der Waals surface area (Å²) in [4.78, 5) is 11.9. The molecule has 0 aliphatic rings. The molecule has 12 heteroatoms. The van der Waals surface area contributed by atoms with Crippen molar-refractivity contribution >= 4 is 45.0 Å². The number of alkyl halides is 3. The van der Waals surface area contributed by atoms with Crippen molar-refractivity contribution < 1.29 is 18.0 Å². The van der Waals surface area contributed by atoms with Gasteiger partial charge in [0, 0.05) is 13.1 Å². The van der Waals surface area contributed by atoms with E-state index >= 15 is 0 Å². The minimum Gasteiger partial charge on any atom is -0.354 e. The average molecular weight is 477 g/mol. The highest BCUT2D eigenvalue weighted by molar-refractivity contribution is 9.10. The van der Waals surface area contributed by atoms with Crippen molar-refractivity contribution in [3.63, 3.8) is 0 Å². The molecule has 0 fully saturated rings. The standard InChI is InChI=1S/C14H15BrCl2F3N5O/c1-7-11(16)13(17)24(22-7)5-3-4-21-9(26)6-25-8(2)10(15)12(23-25)14(18,19)20/h3-6H2,1-2H3,(H,21,26). The van der Waals surface area contributed by atoms with Crippen molar-refractivity contribution in [3.8, 4) is 0 Å². The van der Waals surface area contributed by atoms with Crippen molar-refractivity contribution in [1.82, 2.24) is 24.9 Å². The second-order valence-electron chi connectivity index (χ2n) is 5.52. The van der Waals surface area contributed by atoms with E-state index in [1.807, 2.05) is 0 Å². The van der Waals surface area contributed by atoms with Gasteiger partial charge in [-0.2, -0.15) is 23.4 Å². The zero-order valence-electron chi connectivity index (χ0n) is 13.8. The van der Waals surface area contributed by atoms with Crippen LogP contribution in [0, 0.1) is 13.8 Å². The normalized spacial score (nSPS) is 11.8. The molecule has 0 spiro atoms. The fraction of sp³-hybridized carbons (Fsp3) is 0.500. The van der Waals surface area contributed by atoms with E-state index in [2.05, 4.69) is 31.4 Å². The van der Waals surface area contributed by atoms with Crippen LogP contribution in [0.4, 0.5) is 13.2 Å². The van der Waals surface area contributed by atoms with Crippen LogP contribution in [0.2, 0.25) is 10.2 Å². The molecule has 2 aromatic rings. The topological polar surface area (TPSA) is 64.7 Å². The maximum atomic E-state index is 12.8. The summed E-state index contributed by atoms with van der Waals surface area (Å²) in [7, 11) is 0. The third kappa shape index (κ3) is 4.72. The molecule has 2 aromatic heterocycles. The second-order valence-corrected chi connectivity index (χ2v) is 7.05. The van der Waals surface area contributed by atoms with Crippen molar-refractivity contribution in [2.24, 2.45) is 0 Å². The maximum Gasteiger partial charge on any atom is 0.436 e. The first kappa shape index (κ1) is 21.0. The number of amides is 1. The average Bonchev–Trinajstić information content (AvgIpc) is 2.96. The van der Waals surface area contributed by atoms with Crippen molar-refractivity contribution in [3.05, 3.63) is 31.7 Å². The van der Waals surface area contributed by atoms with E-state index in [1.54, 1.807) is 6.92 Å². The van der Waals surface area contributed by atoms with Gasteiger partial charge in [0.2, 0.25) is 5.91 Å². The third-order valence-electron chi connectivity index (χ3n) is 3.56. The predicted octanol–water partition coefficient (Wildman–Crippen LogP) is 3.99. The van der Waals surface area contributed by atoms with Gasteiger partial charge in [-0.1, -0.05) is 23.2 Å².